The Morgan fingerprint density at radius 1 is 0.719 bits per heavy atom. The molecule has 0 aromatic heterocycles. The van der Waals surface area contributed by atoms with Gasteiger partial charge in [-0.3, -0.25) is 9.59 Å². The van der Waals surface area contributed by atoms with Crippen LogP contribution in [0.1, 0.15) is 90.9 Å². The van der Waals surface area contributed by atoms with Gasteiger partial charge in [0, 0.05) is 0 Å². The summed E-state index contributed by atoms with van der Waals surface area (Å²) in [7, 11) is -3.74. The van der Waals surface area contributed by atoms with Gasteiger partial charge in [0.15, 0.2) is 5.60 Å². The van der Waals surface area contributed by atoms with Crippen molar-refractivity contribution >= 4 is 28.3 Å². The van der Waals surface area contributed by atoms with Gasteiger partial charge in [-0.2, -0.15) is 8.42 Å². The van der Waals surface area contributed by atoms with Crippen molar-refractivity contribution in [3.05, 3.63) is 0 Å². The van der Waals surface area contributed by atoms with Crippen LogP contribution in [0.2, 0.25) is 0 Å². The highest BCUT2D eigenvalue weighted by atomic mass is 32.3. The fraction of sp³-hybridized carbons (Fsp3) is 0.850. The maximum atomic E-state index is 11.0. The lowest BCUT2D eigenvalue weighted by Crippen LogP contribution is -2.42. The summed E-state index contributed by atoms with van der Waals surface area (Å²) in [4.78, 5) is 30.5. The molecule has 190 valence electrons. The van der Waals surface area contributed by atoms with E-state index in [1.54, 1.807) is 6.92 Å². The first-order valence-electron chi connectivity index (χ1n) is 10.8. The quantitative estimate of drug-likeness (QED) is 0.197. The molecule has 0 aromatic rings. The third kappa shape index (κ3) is 20.2. The number of carboxylic acids is 3. The molecule has 0 spiro atoms. The fourth-order valence-electron chi connectivity index (χ4n) is 2.64. The van der Waals surface area contributed by atoms with Gasteiger partial charge >= 0.3 is 28.3 Å². The number of hydrogen-bond acceptors (Lipinski definition) is 8. The minimum Gasteiger partial charge on any atom is -0.481 e. The molecule has 4 N–H and O–H groups in total. The van der Waals surface area contributed by atoms with Crippen LogP contribution in [0.3, 0.4) is 0 Å². The standard InChI is InChI=1S/C14H30O4S.C6H8O7/c1-3-5-6-7-8-9-10-11-12-13-14-18-19(15,16)17-4-2;7-3(8)1-6(13,5(11)12)2-4(9)10/h3-14H2,1-2H3;13H,1-2H2,(H,7,8)(H,9,10)(H,11,12). The summed E-state index contributed by atoms with van der Waals surface area (Å²) in [5.74, 6) is -5.02. The monoisotopic (exact) mass is 486 g/mol. The molecule has 0 heterocycles. The lowest BCUT2D eigenvalue weighted by molar-refractivity contribution is -0.170. The SMILES string of the molecule is CCCCCCCCCCCCOS(=O)(=O)OCC.O=C(O)CC(O)(CC(=O)O)C(=O)O. The first-order chi connectivity index (χ1) is 14.9. The van der Waals surface area contributed by atoms with E-state index in [0.29, 0.717) is 0 Å². The zero-order chi connectivity index (χ0) is 25.0. The van der Waals surface area contributed by atoms with Gasteiger partial charge in [-0.25, -0.2) is 13.2 Å². The van der Waals surface area contributed by atoms with Crippen molar-refractivity contribution in [2.45, 2.75) is 96.5 Å². The Hall–Kier alpha value is -1.76. The smallest absolute Gasteiger partial charge is 0.399 e. The van der Waals surface area contributed by atoms with Gasteiger partial charge in [-0.15, -0.1) is 0 Å². The predicted octanol–water partition coefficient (Wildman–Crippen LogP) is 2.96. The molecule has 0 aliphatic carbocycles. The van der Waals surface area contributed by atoms with Crippen molar-refractivity contribution in [2.24, 2.45) is 0 Å². The van der Waals surface area contributed by atoms with Gasteiger partial charge in [0.25, 0.3) is 0 Å². The number of rotatable bonds is 19. The van der Waals surface area contributed by atoms with Crippen molar-refractivity contribution in [3.63, 3.8) is 0 Å². The van der Waals surface area contributed by atoms with Crippen LogP contribution in [-0.4, -0.2) is 65.6 Å². The molecule has 0 rings (SSSR count). The molecule has 0 atom stereocenters. The summed E-state index contributed by atoms with van der Waals surface area (Å²) >= 11 is 0. The van der Waals surface area contributed by atoms with Gasteiger partial charge in [0.1, 0.15) is 0 Å². The zero-order valence-corrected chi connectivity index (χ0v) is 19.8. The van der Waals surface area contributed by atoms with E-state index >= 15 is 0 Å². The Balaban J connectivity index is 0. The lowest BCUT2D eigenvalue weighted by atomic mass is 9.96. The average Bonchev–Trinajstić information content (AvgIpc) is 2.65. The molecule has 0 fully saturated rings. The molecule has 32 heavy (non-hydrogen) atoms. The number of hydrogen-bond donors (Lipinski definition) is 4. The molecule has 0 unspecified atom stereocenters. The van der Waals surface area contributed by atoms with Gasteiger partial charge < -0.3 is 20.4 Å². The van der Waals surface area contributed by atoms with E-state index in [1.165, 1.54) is 44.9 Å². The number of aliphatic hydroxyl groups is 1. The summed E-state index contributed by atoms with van der Waals surface area (Å²) in [6.07, 6.45) is 9.90. The second-order valence-electron chi connectivity index (χ2n) is 7.30. The Morgan fingerprint density at radius 3 is 1.47 bits per heavy atom. The van der Waals surface area contributed by atoms with E-state index in [1.807, 2.05) is 0 Å². The highest BCUT2D eigenvalue weighted by Gasteiger charge is 2.40. The van der Waals surface area contributed by atoms with E-state index in [-0.39, 0.29) is 13.2 Å². The first kappa shape index (κ1) is 32.4. The molecule has 0 aromatic carbocycles. The van der Waals surface area contributed by atoms with Crippen LogP contribution in [-0.2, 0) is 33.1 Å². The zero-order valence-electron chi connectivity index (χ0n) is 19.0. The Bertz CT molecular complexity index is 615. The third-order valence-electron chi connectivity index (χ3n) is 4.27. The predicted molar refractivity (Wildman–Crippen MR) is 115 cm³/mol. The van der Waals surface area contributed by atoms with Gasteiger partial charge in [-0.05, 0) is 13.3 Å². The summed E-state index contributed by atoms with van der Waals surface area (Å²) in [5.41, 5.74) is -2.74. The van der Waals surface area contributed by atoms with Crippen LogP contribution in [0.15, 0.2) is 0 Å². The molecule has 0 saturated heterocycles. The summed E-state index contributed by atoms with van der Waals surface area (Å²) < 4.78 is 31.3. The average molecular weight is 487 g/mol. The maximum Gasteiger partial charge on any atom is 0.399 e. The second kappa shape index (κ2) is 18.8. The molecular formula is C20H38O11S. The maximum absolute atomic E-state index is 11.0. The number of carboxylic acid groups (broad SMARTS) is 3. The molecule has 12 heteroatoms. The van der Waals surface area contributed by atoms with Crippen molar-refractivity contribution < 1.29 is 51.6 Å². The fourth-order valence-corrected chi connectivity index (χ4v) is 3.32. The number of unbranched alkanes of at least 4 members (excludes halogenated alkanes) is 9. The third-order valence-corrected chi connectivity index (χ3v) is 5.25. The minimum atomic E-state index is -3.74. The van der Waals surface area contributed by atoms with E-state index in [4.69, 9.17) is 24.6 Å². The highest BCUT2D eigenvalue weighted by molar-refractivity contribution is 7.81. The number of carbonyl (C=O) groups is 3. The summed E-state index contributed by atoms with van der Waals surface area (Å²) in [5, 5.41) is 33.8. The van der Waals surface area contributed by atoms with Crippen LogP contribution in [0.25, 0.3) is 0 Å². The second-order valence-corrected chi connectivity index (χ2v) is 8.58. The molecule has 0 radical (unpaired) electrons. The normalized spacial score (nSPS) is 11.5. The van der Waals surface area contributed by atoms with Gasteiger partial charge in [0.2, 0.25) is 0 Å². The largest absolute Gasteiger partial charge is 0.481 e. The Kier molecular flexibility index (Phi) is 19.0. The van der Waals surface area contributed by atoms with E-state index in [0.717, 1.165) is 19.3 Å². The van der Waals surface area contributed by atoms with E-state index in [9.17, 15) is 22.8 Å². The van der Waals surface area contributed by atoms with Crippen LogP contribution in [0, 0.1) is 0 Å². The first-order valence-corrected chi connectivity index (χ1v) is 12.2. The van der Waals surface area contributed by atoms with Gasteiger partial charge in [0.05, 0.1) is 26.1 Å². The molecule has 0 bridgehead atoms. The molecule has 0 aliphatic rings. The van der Waals surface area contributed by atoms with Crippen molar-refractivity contribution in [2.75, 3.05) is 13.2 Å². The van der Waals surface area contributed by atoms with E-state index in [2.05, 4.69) is 11.1 Å². The molecular weight excluding hydrogens is 448 g/mol. The summed E-state index contributed by atoms with van der Waals surface area (Å²) in [6.45, 7) is 4.22. The van der Waals surface area contributed by atoms with Gasteiger partial charge in [-0.1, -0.05) is 64.7 Å². The number of aliphatic carboxylic acids is 3. The highest BCUT2D eigenvalue weighted by Crippen LogP contribution is 2.15. The van der Waals surface area contributed by atoms with Crippen LogP contribution >= 0.6 is 0 Å². The minimum absolute atomic E-state index is 0.125. The van der Waals surface area contributed by atoms with Crippen molar-refractivity contribution in [1.82, 2.24) is 0 Å². The van der Waals surface area contributed by atoms with Crippen LogP contribution < -0.4 is 0 Å². The molecule has 11 nitrogen and oxygen atoms in total. The van der Waals surface area contributed by atoms with E-state index < -0.39 is 46.7 Å². The molecule has 0 saturated carbocycles. The molecule has 0 amide bonds. The van der Waals surface area contributed by atoms with Crippen molar-refractivity contribution in [3.8, 4) is 0 Å². The van der Waals surface area contributed by atoms with Crippen molar-refractivity contribution in [1.29, 1.82) is 0 Å². The van der Waals surface area contributed by atoms with Crippen LogP contribution in [0.5, 0.6) is 0 Å². The lowest BCUT2D eigenvalue weighted by Gasteiger charge is -2.18. The Labute approximate surface area is 190 Å². The summed E-state index contributed by atoms with van der Waals surface area (Å²) in [6, 6.07) is 0. The molecule has 0 aliphatic heterocycles. The van der Waals surface area contributed by atoms with Crippen LogP contribution in [0.4, 0.5) is 0 Å². The Morgan fingerprint density at radius 2 is 1.12 bits per heavy atom. The topological polar surface area (TPSA) is 185 Å².